The van der Waals surface area contributed by atoms with Crippen LogP contribution in [0.2, 0.25) is 0 Å². The van der Waals surface area contributed by atoms with Crippen molar-refractivity contribution in [1.82, 2.24) is 4.90 Å². The molecule has 0 atom stereocenters. The fourth-order valence-electron chi connectivity index (χ4n) is 1.96. The molecule has 0 bridgehead atoms. The second-order valence-electron chi connectivity index (χ2n) is 3.96. The molecule has 0 amide bonds. The fourth-order valence-corrected chi connectivity index (χ4v) is 1.96. The maximum absolute atomic E-state index is 10.5. The summed E-state index contributed by atoms with van der Waals surface area (Å²) in [5.74, 6) is -0.323. The van der Waals surface area contributed by atoms with Gasteiger partial charge in [-0.15, -0.1) is 0 Å². The predicted octanol–water partition coefficient (Wildman–Crippen LogP) is 0.556. The first kappa shape index (κ1) is 11.5. The quantitative estimate of drug-likeness (QED) is 0.682. The maximum Gasteiger partial charge on any atom is 0.303 e. The zero-order valence-electron chi connectivity index (χ0n) is 8.48. The van der Waals surface area contributed by atoms with E-state index in [9.17, 15) is 4.79 Å². The van der Waals surface area contributed by atoms with Crippen LogP contribution in [0, 0.1) is 5.92 Å². The molecule has 4 heteroatoms. The Hall–Kier alpha value is -0.610. The van der Waals surface area contributed by atoms with Gasteiger partial charge in [-0.3, -0.25) is 4.79 Å². The minimum atomic E-state index is -0.682. The third kappa shape index (κ3) is 4.07. The number of aliphatic carboxylic acids is 1. The SMILES string of the molecule is O=C(O)CC1CCN(CCCO)CC1. The van der Waals surface area contributed by atoms with E-state index < -0.39 is 5.97 Å². The summed E-state index contributed by atoms with van der Waals surface area (Å²) in [7, 11) is 0. The van der Waals surface area contributed by atoms with Gasteiger partial charge in [0.15, 0.2) is 0 Å². The number of rotatable bonds is 5. The zero-order chi connectivity index (χ0) is 10.4. The Bertz CT molecular complexity index is 176. The number of aliphatic hydroxyl groups is 1. The van der Waals surface area contributed by atoms with Gasteiger partial charge in [-0.25, -0.2) is 0 Å². The molecule has 1 aliphatic heterocycles. The molecule has 0 aromatic rings. The highest BCUT2D eigenvalue weighted by Gasteiger charge is 2.20. The molecule has 1 saturated heterocycles. The van der Waals surface area contributed by atoms with Crippen LogP contribution >= 0.6 is 0 Å². The predicted molar refractivity (Wildman–Crippen MR) is 53.1 cm³/mol. The van der Waals surface area contributed by atoms with Gasteiger partial charge >= 0.3 is 5.97 Å². The first-order chi connectivity index (χ1) is 6.72. The lowest BCUT2D eigenvalue weighted by atomic mass is 9.93. The molecule has 0 unspecified atom stereocenters. The van der Waals surface area contributed by atoms with E-state index in [1.165, 1.54) is 0 Å². The van der Waals surface area contributed by atoms with Gasteiger partial charge in [-0.05, 0) is 38.3 Å². The van der Waals surface area contributed by atoms with Crippen molar-refractivity contribution in [3.05, 3.63) is 0 Å². The topological polar surface area (TPSA) is 60.8 Å². The Balaban J connectivity index is 2.14. The van der Waals surface area contributed by atoms with Crippen LogP contribution in [0.4, 0.5) is 0 Å². The zero-order valence-corrected chi connectivity index (χ0v) is 8.48. The van der Waals surface area contributed by atoms with E-state index >= 15 is 0 Å². The Morgan fingerprint density at radius 2 is 2.00 bits per heavy atom. The van der Waals surface area contributed by atoms with Crippen molar-refractivity contribution < 1.29 is 15.0 Å². The van der Waals surface area contributed by atoms with Crippen molar-refractivity contribution in [1.29, 1.82) is 0 Å². The highest BCUT2D eigenvalue weighted by Crippen LogP contribution is 2.20. The van der Waals surface area contributed by atoms with E-state index in [-0.39, 0.29) is 6.61 Å². The lowest BCUT2D eigenvalue weighted by molar-refractivity contribution is -0.138. The van der Waals surface area contributed by atoms with E-state index in [1.54, 1.807) is 0 Å². The van der Waals surface area contributed by atoms with Crippen molar-refractivity contribution in [3.8, 4) is 0 Å². The molecule has 1 rings (SSSR count). The number of hydrogen-bond acceptors (Lipinski definition) is 3. The molecule has 2 N–H and O–H groups in total. The van der Waals surface area contributed by atoms with Crippen molar-refractivity contribution in [3.63, 3.8) is 0 Å². The van der Waals surface area contributed by atoms with E-state index in [4.69, 9.17) is 10.2 Å². The van der Waals surface area contributed by atoms with Crippen LogP contribution < -0.4 is 0 Å². The minimum absolute atomic E-state index is 0.245. The van der Waals surface area contributed by atoms with E-state index in [1.807, 2.05) is 0 Å². The van der Waals surface area contributed by atoms with Crippen LogP contribution in [-0.2, 0) is 4.79 Å². The summed E-state index contributed by atoms with van der Waals surface area (Å²) >= 11 is 0. The maximum atomic E-state index is 10.5. The molecule has 0 radical (unpaired) electrons. The number of carbonyl (C=O) groups is 1. The van der Waals surface area contributed by atoms with Gasteiger partial charge in [0.1, 0.15) is 0 Å². The van der Waals surface area contributed by atoms with Gasteiger partial charge in [-0.1, -0.05) is 0 Å². The molecular formula is C10H19NO3. The highest BCUT2D eigenvalue weighted by molar-refractivity contribution is 5.67. The number of carboxylic acid groups (broad SMARTS) is 1. The summed E-state index contributed by atoms with van der Waals surface area (Å²) in [5, 5.41) is 17.3. The number of nitrogens with zero attached hydrogens (tertiary/aromatic N) is 1. The summed E-state index contributed by atoms with van der Waals surface area (Å²) in [6, 6.07) is 0. The Morgan fingerprint density at radius 1 is 1.36 bits per heavy atom. The molecule has 0 aromatic carbocycles. The molecule has 1 aliphatic rings. The summed E-state index contributed by atoms with van der Waals surface area (Å²) < 4.78 is 0. The smallest absolute Gasteiger partial charge is 0.303 e. The van der Waals surface area contributed by atoms with Gasteiger partial charge in [0.25, 0.3) is 0 Å². The molecule has 0 spiro atoms. The summed E-state index contributed by atoms with van der Waals surface area (Å²) in [4.78, 5) is 12.8. The lowest BCUT2D eigenvalue weighted by Crippen LogP contribution is -2.35. The van der Waals surface area contributed by atoms with Crippen LogP contribution in [0.1, 0.15) is 25.7 Å². The largest absolute Gasteiger partial charge is 0.481 e. The minimum Gasteiger partial charge on any atom is -0.481 e. The van der Waals surface area contributed by atoms with E-state index in [0.29, 0.717) is 12.3 Å². The van der Waals surface area contributed by atoms with Crippen LogP contribution in [0.3, 0.4) is 0 Å². The third-order valence-electron chi connectivity index (χ3n) is 2.80. The molecule has 14 heavy (non-hydrogen) atoms. The standard InChI is InChI=1S/C10H19NO3/c12-7-1-4-11-5-2-9(3-6-11)8-10(13)14/h9,12H,1-8H2,(H,13,14). The number of aliphatic hydroxyl groups excluding tert-OH is 1. The number of piperidine rings is 1. The van der Waals surface area contributed by atoms with Gasteiger partial charge < -0.3 is 15.1 Å². The van der Waals surface area contributed by atoms with E-state index in [0.717, 1.165) is 38.9 Å². The van der Waals surface area contributed by atoms with Gasteiger partial charge in [-0.2, -0.15) is 0 Å². The fraction of sp³-hybridized carbons (Fsp3) is 0.900. The molecule has 0 saturated carbocycles. The van der Waals surface area contributed by atoms with Crippen LogP contribution in [0.5, 0.6) is 0 Å². The number of hydrogen-bond donors (Lipinski definition) is 2. The molecule has 4 nitrogen and oxygen atoms in total. The Morgan fingerprint density at radius 3 is 2.50 bits per heavy atom. The van der Waals surface area contributed by atoms with Gasteiger partial charge in [0.2, 0.25) is 0 Å². The highest BCUT2D eigenvalue weighted by atomic mass is 16.4. The average molecular weight is 201 g/mol. The van der Waals surface area contributed by atoms with Crippen LogP contribution in [0.25, 0.3) is 0 Å². The second kappa shape index (κ2) is 5.98. The van der Waals surface area contributed by atoms with Gasteiger partial charge in [0.05, 0.1) is 0 Å². The van der Waals surface area contributed by atoms with E-state index in [2.05, 4.69) is 4.90 Å². The molecule has 0 aromatic heterocycles. The van der Waals surface area contributed by atoms with Gasteiger partial charge in [0, 0.05) is 19.6 Å². The number of carboxylic acids is 1. The first-order valence-corrected chi connectivity index (χ1v) is 5.27. The summed E-state index contributed by atoms with van der Waals surface area (Å²) in [6.45, 7) is 3.15. The monoisotopic (exact) mass is 201 g/mol. The summed E-state index contributed by atoms with van der Waals surface area (Å²) in [5.41, 5.74) is 0. The molecule has 1 fully saturated rings. The van der Waals surface area contributed by atoms with Crippen molar-refractivity contribution >= 4 is 5.97 Å². The summed E-state index contributed by atoms with van der Waals surface area (Å²) in [6.07, 6.45) is 3.10. The molecule has 82 valence electrons. The third-order valence-corrected chi connectivity index (χ3v) is 2.80. The number of likely N-dealkylation sites (tertiary alicyclic amines) is 1. The lowest BCUT2D eigenvalue weighted by Gasteiger charge is -2.30. The van der Waals surface area contributed by atoms with Crippen molar-refractivity contribution in [2.45, 2.75) is 25.7 Å². The molecule has 1 heterocycles. The van der Waals surface area contributed by atoms with Crippen molar-refractivity contribution in [2.75, 3.05) is 26.2 Å². The van der Waals surface area contributed by atoms with Crippen LogP contribution in [0.15, 0.2) is 0 Å². The van der Waals surface area contributed by atoms with Crippen molar-refractivity contribution in [2.24, 2.45) is 5.92 Å². The molecule has 0 aliphatic carbocycles. The molecular weight excluding hydrogens is 182 g/mol. The first-order valence-electron chi connectivity index (χ1n) is 5.27. The average Bonchev–Trinajstić information content (AvgIpc) is 2.16. The second-order valence-corrected chi connectivity index (χ2v) is 3.96. The van der Waals surface area contributed by atoms with Crippen LogP contribution in [-0.4, -0.2) is 47.3 Å². The Kier molecular flexibility index (Phi) is 4.90. The normalized spacial score (nSPS) is 19.8. The Labute approximate surface area is 84.5 Å².